The highest BCUT2D eigenvalue weighted by Gasteiger charge is 2.50. The normalized spacial score (nSPS) is 30.0. The van der Waals surface area contributed by atoms with Crippen molar-refractivity contribution in [1.29, 1.82) is 0 Å². The molecule has 1 aromatic carbocycles. The molecule has 22 heavy (non-hydrogen) atoms. The van der Waals surface area contributed by atoms with E-state index in [4.69, 9.17) is 0 Å². The molecule has 118 valence electrons. The van der Waals surface area contributed by atoms with E-state index in [1.54, 1.807) is 24.3 Å². The van der Waals surface area contributed by atoms with E-state index in [0.29, 0.717) is 11.5 Å². The summed E-state index contributed by atoms with van der Waals surface area (Å²) in [5, 5.41) is 0. The molecule has 2 fully saturated rings. The Bertz CT molecular complexity index is 604. The SMILES string of the molecule is CC1(C)CC2CC(C)(CN2C(=O)/C=C/c2ccc(F)cc2)C1. The van der Waals surface area contributed by atoms with Crippen molar-refractivity contribution in [2.75, 3.05) is 6.54 Å². The number of likely N-dealkylation sites (tertiary alicyclic amines) is 1. The zero-order valence-electron chi connectivity index (χ0n) is 13.6. The van der Waals surface area contributed by atoms with Gasteiger partial charge in [-0.3, -0.25) is 4.79 Å². The van der Waals surface area contributed by atoms with Crippen LogP contribution in [0.15, 0.2) is 30.3 Å². The number of carbonyl (C=O) groups excluding carboxylic acids is 1. The van der Waals surface area contributed by atoms with Crippen LogP contribution in [0.1, 0.15) is 45.6 Å². The fourth-order valence-corrected chi connectivity index (χ4v) is 4.55. The fraction of sp³-hybridized carbons (Fsp3) is 0.526. The molecule has 2 atom stereocenters. The summed E-state index contributed by atoms with van der Waals surface area (Å²) in [5.41, 5.74) is 1.42. The van der Waals surface area contributed by atoms with Crippen LogP contribution in [-0.4, -0.2) is 23.4 Å². The summed E-state index contributed by atoms with van der Waals surface area (Å²) in [4.78, 5) is 14.6. The summed E-state index contributed by atoms with van der Waals surface area (Å²) in [6.45, 7) is 7.77. The second kappa shape index (κ2) is 5.22. The van der Waals surface area contributed by atoms with E-state index < -0.39 is 0 Å². The first-order chi connectivity index (χ1) is 10.3. The molecule has 1 saturated carbocycles. The predicted molar refractivity (Wildman–Crippen MR) is 86.7 cm³/mol. The Morgan fingerprint density at radius 2 is 1.91 bits per heavy atom. The van der Waals surface area contributed by atoms with Crippen LogP contribution in [0, 0.1) is 16.6 Å². The number of nitrogens with zero attached hydrogens (tertiary/aromatic N) is 1. The molecule has 3 heteroatoms. The Labute approximate surface area is 132 Å². The van der Waals surface area contributed by atoms with Gasteiger partial charge in [0.2, 0.25) is 5.91 Å². The summed E-state index contributed by atoms with van der Waals surface area (Å²) in [6, 6.07) is 6.56. The highest BCUT2D eigenvalue weighted by atomic mass is 19.1. The molecule has 0 aromatic heterocycles. The molecular weight excluding hydrogens is 277 g/mol. The maximum atomic E-state index is 12.9. The lowest BCUT2D eigenvalue weighted by Crippen LogP contribution is -2.36. The molecule has 0 N–H and O–H groups in total. The highest BCUT2D eigenvalue weighted by molar-refractivity contribution is 5.92. The quantitative estimate of drug-likeness (QED) is 0.747. The molecule has 2 nitrogen and oxygen atoms in total. The third-order valence-electron chi connectivity index (χ3n) is 4.99. The largest absolute Gasteiger partial charge is 0.336 e. The number of benzene rings is 1. The molecule has 1 heterocycles. The van der Waals surface area contributed by atoms with Gasteiger partial charge in [-0.2, -0.15) is 0 Å². The minimum atomic E-state index is -0.257. The number of fused-ring (bicyclic) bond motifs is 2. The van der Waals surface area contributed by atoms with E-state index >= 15 is 0 Å². The van der Waals surface area contributed by atoms with Gasteiger partial charge in [-0.1, -0.05) is 32.9 Å². The summed E-state index contributed by atoms with van der Waals surface area (Å²) in [7, 11) is 0. The lowest BCUT2D eigenvalue weighted by molar-refractivity contribution is -0.127. The highest BCUT2D eigenvalue weighted by Crippen LogP contribution is 2.52. The molecule has 2 unspecified atom stereocenters. The van der Waals surface area contributed by atoms with Crippen molar-refractivity contribution in [2.24, 2.45) is 10.8 Å². The number of carbonyl (C=O) groups is 1. The first-order valence-electron chi connectivity index (χ1n) is 8.01. The number of amides is 1. The van der Waals surface area contributed by atoms with Gasteiger partial charge in [0.1, 0.15) is 5.82 Å². The molecule has 0 spiro atoms. The molecule has 0 radical (unpaired) electrons. The van der Waals surface area contributed by atoms with Crippen molar-refractivity contribution in [1.82, 2.24) is 4.90 Å². The third-order valence-corrected chi connectivity index (χ3v) is 4.99. The van der Waals surface area contributed by atoms with Gasteiger partial charge in [-0.25, -0.2) is 4.39 Å². The maximum absolute atomic E-state index is 12.9. The Kier molecular flexibility index (Phi) is 3.62. The summed E-state index contributed by atoms with van der Waals surface area (Å²) in [6.07, 6.45) is 6.79. The Morgan fingerprint density at radius 3 is 2.59 bits per heavy atom. The van der Waals surface area contributed by atoms with Crippen molar-refractivity contribution in [3.05, 3.63) is 41.7 Å². The molecule has 2 aliphatic rings. The summed E-state index contributed by atoms with van der Waals surface area (Å²) >= 11 is 0. The lowest BCUT2D eigenvalue weighted by atomic mass is 9.65. The van der Waals surface area contributed by atoms with Gasteiger partial charge >= 0.3 is 0 Å². The first kappa shape index (κ1) is 15.3. The molecular formula is C19H24FNO. The van der Waals surface area contributed by atoms with Crippen molar-refractivity contribution >= 4 is 12.0 Å². The van der Waals surface area contributed by atoms with Gasteiger partial charge in [-0.05, 0) is 53.9 Å². The number of halogens is 1. The second-order valence-electron chi connectivity index (χ2n) is 8.06. The van der Waals surface area contributed by atoms with E-state index in [2.05, 4.69) is 20.8 Å². The minimum Gasteiger partial charge on any atom is -0.336 e. The van der Waals surface area contributed by atoms with Crippen molar-refractivity contribution in [2.45, 2.75) is 46.1 Å². The fourth-order valence-electron chi connectivity index (χ4n) is 4.55. The minimum absolute atomic E-state index is 0.0794. The van der Waals surface area contributed by atoms with Gasteiger partial charge in [-0.15, -0.1) is 0 Å². The van der Waals surface area contributed by atoms with E-state index in [1.807, 2.05) is 4.90 Å². The van der Waals surface area contributed by atoms with E-state index in [-0.39, 0.29) is 17.1 Å². The third kappa shape index (κ3) is 3.08. The smallest absolute Gasteiger partial charge is 0.246 e. The maximum Gasteiger partial charge on any atom is 0.246 e. The van der Waals surface area contributed by atoms with E-state index in [9.17, 15) is 9.18 Å². The summed E-state index contributed by atoms with van der Waals surface area (Å²) < 4.78 is 12.9. The van der Waals surface area contributed by atoms with Crippen molar-refractivity contribution in [3.63, 3.8) is 0 Å². The van der Waals surface area contributed by atoms with Crippen LogP contribution in [0.3, 0.4) is 0 Å². The lowest BCUT2D eigenvalue weighted by Gasteiger charge is -2.39. The average molecular weight is 301 g/mol. The molecule has 3 rings (SSSR count). The van der Waals surface area contributed by atoms with Crippen LogP contribution in [0.4, 0.5) is 4.39 Å². The van der Waals surface area contributed by atoms with Crippen molar-refractivity contribution in [3.8, 4) is 0 Å². The molecule has 1 saturated heterocycles. The number of hydrogen-bond donors (Lipinski definition) is 0. The van der Waals surface area contributed by atoms with Gasteiger partial charge in [0.25, 0.3) is 0 Å². The van der Waals surface area contributed by atoms with Crippen LogP contribution < -0.4 is 0 Å². The Morgan fingerprint density at radius 1 is 1.23 bits per heavy atom. The Balaban J connectivity index is 1.72. The molecule has 1 aliphatic carbocycles. The molecule has 2 bridgehead atoms. The van der Waals surface area contributed by atoms with Crippen LogP contribution >= 0.6 is 0 Å². The second-order valence-corrected chi connectivity index (χ2v) is 8.06. The van der Waals surface area contributed by atoms with E-state index in [0.717, 1.165) is 24.9 Å². The van der Waals surface area contributed by atoms with Crippen LogP contribution in [0.5, 0.6) is 0 Å². The molecule has 1 aromatic rings. The topological polar surface area (TPSA) is 20.3 Å². The van der Waals surface area contributed by atoms with Gasteiger partial charge in [0.15, 0.2) is 0 Å². The van der Waals surface area contributed by atoms with Gasteiger partial charge in [0, 0.05) is 18.7 Å². The monoisotopic (exact) mass is 301 g/mol. The van der Waals surface area contributed by atoms with Gasteiger partial charge < -0.3 is 4.90 Å². The van der Waals surface area contributed by atoms with Gasteiger partial charge in [0.05, 0.1) is 0 Å². The Hall–Kier alpha value is -1.64. The summed E-state index contributed by atoms with van der Waals surface area (Å²) in [5.74, 6) is -0.178. The van der Waals surface area contributed by atoms with Crippen LogP contribution in [0.2, 0.25) is 0 Å². The van der Waals surface area contributed by atoms with Crippen LogP contribution in [-0.2, 0) is 4.79 Å². The molecule has 1 amide bonds. The predicted octanol–water partition coefficient (Wildman–Crippen LogP) is 4.27. The zero-order valence-corrected chi connectivity index (χ0v) is 13.6. The first-order valence-corrected chi connectivity index (χ1v) is 8.01. The zero-order chi connectivity index (χ0) is 16.0. The van der Waals surface area contributed by atoms with Crippen LogP contribution in [0.25, 0.3) is 6.08 Å². The van der Waals surface area contributed by atoms with E-state index in [1.165, 1.54) is 18.6 Å². The standard InChI is InChI=1S/C19H24FNO/c1-18(2)10-16-11-19(3,12-18)13-21(16)17(22)9-6-14-4-7-15(20)8-5-14/h4-9,16H,10-13H2,1-3H3/b9-6+. The molecule has 1 aliphatic heterocycles. The number of hydrogen-bond acceptors (Lipinski definition) is 1. The number of rotatable bonds is 2. The van der Waals surface area contributed by atoms with Crippen molar-refractivity contribution < 1.29 is 9.18 Å². The average Bonchev–Trinajstić information content (AvgIpc) is 2.67.